The molecule has 1 amide bonds. The van der Waals surface area contributed by atoms with Gasteiger partial charge in [0.05, 0.1) is 25.4 Å². The Morgan fingerprint density at radius 1 is 1.18 bits per heavy atom. The number of pyridine rings is 1. The normalized spacial score (nSPS) is 13.3. The number of nitrogens with one attached hydrogen (secondary N) is 1. The number of carbonyl (C=O) groups excluding carboxylic acids is 1. The summed E-state index contributed by atoms with van der Waals surface area (Å²) in [5.74, 6) is 0.510. The maximum absolute atomic E-state index is 12.1. The number of aromatic nitrogens is 1. The molecule has 4 nitrogen and oxygen atoms in total. The zero-order chi connectivity index (χ0) is 15.4. The van der Waals surface area contributed by atoms with Gasteiger partial charge in [-0.25, -0.2) is 4.98 Å². The van der Waals surface area contributed by atoms with E-state index in [4.69, 9.17) is 4.74 Å². The number of benzene rings is 1. The molecular formula is C18H20N2O2. The predicted molar refractivity (Wildman–Crippen MR) is 86.2 cm³/mol. The molecule has 22 heavy (non-hydrogen) atoms. The molecule has 4 heteroatoms. The van der Waals surface area contributed by atoms with Crippen LogP contribution in [0.5, 0.6) is 5.88 Å². The average Bonchev–Trinajstić information content (AvgIpc) is 2.55. The predicted octanol–water partition coefficient (Wildman–Crippen LogP) is 3.15. The third-order valence-corrected chi connectivity index (χ3v) is 4.01. The molecule has 0 bridgehead atoms. The van der Waals surface area contributed by atoms with Gasteiger partial charge in [0, 0.05) is 6.07 Å². The molecule has 0 unspecified atom stereocenters. The number of aryl methyl sites for hydroxylation is 2. The van der Waals surface area contributed by atoms with Gasteiger partial charge in [0.15, 0.2) is 0 Å². The van der Waals surface area contributed by atoms with E-state index in [0.29, 0.717) is 18.0 Å². The number of amides is 1. The van der Waals surface area contributed by atoms with Crippen molar-refractivity contribution < 1.29 is 9.53 Å². The first-order valence-electron chi connectivity index (χ1n) is 7.65. The fourth-order valence-corrected chi connectivity index (χ4v) is 2.86. The van der Waals surface area contributed by atoms with Crippen molar-refractivity contribution in [2.45, 2.75) is 32.1 Å². The van der Waals surface area contributed by atoms with E-state index in [-0.39, 0.29) is 5.91 Å². The van der Waals surface area contributed by atoms with Gasteiger partial charge in [-0.15, -0.1) is 0 Å². The summed E-state index contributed by atoms with van der Waals surface area (Å²) in [7, 11) is 1.57. The van der Waals surface area contributed by atoms with Crippen LogP contribution >= 0.6 is 0 Å². The third kappa shape index (κ3) is 3.45. The van der Waals surface area contributed by atoms with Crippen LogP contribution in [0.4, 0.5) is 5.69 Å². The molecule has 0 saturated carbocycles. The highest BCUT2D eigenvalue weighted by atomic mass is 16.5. The van der Waals surface area contributed by atoms with Gasteiger partial charge in [-0.05, 0) is 48.4 Å². The van der Waals surface area contributed by atoms with Gasteiger partial charge in [0.1, 0.15) is 0 Å². The molecule has 1 heterocycles. The number of anilines is 1. The van der Waals surface area contributed by atoms with E-state index < -0.39 is 0 Å². The van der Waals surface area contributed by atoms with Crippen molar-refractivity contribution in [3.8, 4) is 5.88 Å². The van der Waals surface area contributed by atoms with Crippen LogP contribution < -0.4 is 10.1 Å². The summed E-state index contributed by atoms with van der Waals surface area (Å²) in [6.45, 7) is 0. The van der Waals surface area contributed by atoms with Crippen LogP contribution in [0.2, 0.25) is 0 Å². The fraction of sp³-hybridized carbons (Fsp3) is 0.333. The van der Waals surface area contributed by atoms with Crippen LogP contribution in [-0.2, 0) is 24.1 Å². The van der Waals surface area contributed by atoms with Gasteiger partial charge in [-0.1, -0.05) is 18.2 Å². The SMILES string of the molecule is COc1ccc(NC(=O)Cc2ccc3c(c2)CCCC3)cn1. The number of hydrogen-bond acceptors (Lipinski definition) is 3. The second-order valence-electron chi connectivity index (χ2n) is 5.62. The Morgan fingerprint density at radius 3 is 2.73 bits per heavy atom. The topological polar surface area (TPSA) is 51.2 Å². The maximum atomic E-state index is 12.1. The molecule has 1 aromatic carbocycles. The van der Waals surface area contributed by atoms with Crippen LogP contribution in [0, 0.1) is 0 Å². The van der Waals surface area contributed by atoms with Crippen molar-refractivity contribution in [1.82, 2.24) is 4.98 Å². The monoisotopic (exact) mass is 296 g/mol. The van der Waals surface area contributed by atoms with Crippen molar-refractivity contribution in [2.75, 3.05) is 12.4 Å². The van der Waals surface area contributed by atoms with Crippen LogP contribution in [-0.4, -0.2) is 18.0 Å². The van der Waals surface area contributed by atoms with E-state index >= 15 is 0 Å². The summed E-state index contributed by atoms with van der Waals surface area (Å²) in [5, 5.41) is 2.86. The molecule has 1 N–H and O–H groups in total. The van der Waals surface area contributed by atoms with E-state index in [1.165, 1.54) is 30.4 Å². The van der Waals surface area contributed by atoms with Gasteiger partial charge in [-0.3, -0.25) is 4.79 Å². The van der Waals surface area contributed by atoms with Crippen LogP contribution in [0.3, 0.4) is 0 Å². The lowest BCUT2D eigenvalue weighted by Gasteiger charge is -2.16. The average molecular weight is 296 g/mol. The number of fused-ring (bicyclic) bond motifs is 1. The van der Waals surface area contributed by atoms with Crippen molar-refractivity contribution in [2.24, 2.45) is 0 Å². The van der Waals surface area contributed by atoms with E-state index in [0.717, 1.165) is 12.0 Å². The van der Waals surface area contributed by atoms with Crippen molar-refractivity contribution in [1.29, 1.82) is 0 Å². The van der Waals surface area contributed by atoms with Gasteiger partial charge in [-0.2, -0.15) is 0 Å². The smallest absolute Gasteiger partial charge is 0.228 e. The van der Waals surface area contributed by atoms with Crippen LogP contribution in [0.1, 0.15) is 29.5 Å². The molecule has 1 aromatic heterocycles. The Morgan fingerprint density at radius 2 is 2.00 bits per heavy atom. The fourth-order valence-electron chi connectivity index (χ4n) is 2.86. The summed E-state index contributed by atoms with van der Waals surface area (Å²) < 4.78 is 5.00. The van der Waals surface area contributed by atoms with E-state index in [2.05, 4.69) is 28.5 Å². The first-order valence-corrected chi connectivity index (χ1v) is 7.65. The number of hydrogen-bond donors (Lipinski definition) is 1. The molecule has 0 spiro atoms. The molecule has 114 valence electrons. The Labute approximate surface area is 130 Å². The Balaban J connectivity index is 1.63. The number of carbonyl (C=O) groups is 1. The molecule has 0 radical (unpaired) electrons. The highest BCUT2D eigenvalue weighted by Crippen LogP contribution is 2.22. The second-order valence-corrected chi connectivity index (χ2v) is 5.62. The summed E-state index contributed by atoms with van der Waals surface area (Å²) in [4.78, 5) is 16.2. The number of ether oxygens (including phenoxy) is 1. The summed E-state index contributed by atoms with van der Waals surface area (Å²) in [5.41, 5.74) is 4.60. The Kier molecular flexibility index (Phi) is 4.37. The minimum Gasteiger partial charge on any atom is -0.481 e. The highest BCUT2D eigenvalue weighted by molar-refractivity contribution is 5.92. The van der Waals surface area contributed by atoms with Crippen LogP contribution in [0.25, 0.3) is 0 Å². The van der Waals surface area contributed by atoms with Gasteiger partial charge in [0.2, 0.25) is 11.8 Å². The molecule has 2 aromatic rings. The van der Waals surface area contributed by atoms with E-state index in [9.17, 15) is 4.79 Å². The first-order chi connectivity index (χ1) is 10.7. The van der Waals surface area contributed by atoms with Gasteiger partial charge < -0.3 is 10.1 Å². The third-order valence-electron chi connectivity index (χ3n) is 4.01. The highest BCUT2D eigenvalue weighted by Gasteiger charge is 2.11. The first kappa shape index (κ1) is 14.6. The molecule has 1 aliphatic carbocycles. The maximum Gasteiger partial charge on any atom is 0.228 e. The zero-order valence-electron chi connectivity index (χ0n) is 12.8. The molecule has 0 atom stereocenters. The molecule has 0 aliphatic heterocycles. The molecular weight excluding hydrogens is 276 g/mol. The largest absolute Gasteiger partial charge is 0.481 e. The molecule has 3 rings (SSSR count). The number of rotatable bonds is 4. The number of nitrogens with zero attached hydrogens (tertiary/aromatic N) is 1. The Bertz CT molecular complexity index is 665. The molecule has 0 saturated heterocycles. The van der Waals surface area contributed by atoms with Crippen molar-refractivity contribution in [3.63, 3.8) is 0 Å². The lowest BCUT2D eigenvalue weighted by Crippen LogP contribution is -2.15. The lowest BCUT2D eigenvalue weighted by molar-refractivity contribution is -0.115. The van der Waals surface area contributed by atoms with Crippen molar-refractivity contribution >= 4 is 11.6 Å². The van der Waals surface area contributed by atoms with Crippen molar-refractivity contribution in [3.05, 3.63) is 53.2 Å². The van der Waals surface area contributed by atoms with Gasteiger partial charge >= 0.3 is 0 Å². The van der Waals surface area contributed by atoms with Gasteiger partial charge in [0.25, 0.3) is 0 Å². The molecule has 1 aliphatic rings. The standard InChI is InChI=1S/C18H20N2O2/c1-22-18-9-8-16(12-19-18)20-17(21)11-13-6-7-14-4-2-3-5-15(14)10-13/h6-10,12H,2-5,11H2,1H3,(H,20,21). The molecule has 0 fully saturated rings. The minimum absolute atomic E-state index is 0.0253. The summed E-state index contributed by atoms with van der Waals surface area (Å²) in [6, 6.07) is 9.94. The quantitative estimate of drug-likeness (QED) is 0.943. The second kappa shape index (κ2) is 6.60. The van der Waals surface area contributed by atoms with E-state index in [1.807, 2.05) is 0 Å². The zero-order valence-corrected chi connectivity index (χ0v) is 12.8. The Hall–Kier alpha value is -2.36. The summed E-state index contributed by atoms with van der Waals surface area (Å²) in [6.07, 6.45) is 6.81. The summed E-state index contributed by atoms with van der Waals surface area (Å²) >= 11 is 0. The minimum atomic E-state index is -0.0253. The van der Waals surface area contributed by atoms with E-state index in [1.54, 1.807) is 25.4 Å². The lowest BCUT2D eigenvalue weighted by atomic mass is 9.90. The van der Waals surface area contributed by atoms with Crippen LogP contribution in [0.15, 0.2) is 36.5 Å². The number of methoxy groups -OCH3 is 1.